The smallest absolute Gasteiger partial charge is 0.295 e. The third kappa shape index (κ3) is 4.13. The van der Waals surface area contributed by atoms with Crippen molar-refractivity contribution < 1.29 is 24.5 Å². The molecule has 30 heavy (non-hydrogen) atoms. The molecule has 1 atom stereocenters. The zero-order valence-electron chi connectivity index (χ0n) is 16.9. The molecule has 1 heterocycles. The lowest BCUT2D eigenvalue weighted by molar-refractivity contribution is -0.140. The van der Waals surface area contributed by atoms with Crippen molar-refractivity contribution in [2.75, 3.05) is 34.3 Å². The summed E-state index contributed by atoms with van der Waals surface area (Å²) < 4.78 is 5.09. The maximum Gasteiger partial charge on any atom is 0.295 e. The number of amides is 1. The summed E-state index contributed by atoms with van der Waals surface area (Å²) in [6.45, 7) is 0.791. The van der Waals surface area contributed by atoms with E-state index in [4.69, 9.17) is 16.3 Å². The average Bonchev–Trinajstić information content (AvgIpc) is 2.96. The Bertz CT molecular complexity index is 1000. The second-order valence-electron chi connectivity index (χ2n) is 7.23. The van der Waals surface area contributed by atoms with Crippen LogP contribution in [0.15, 0.2) is 48.0 Å². The number of aliphatic hydroxyl groups excluding tert-OH is 1. The summed E-state index contributed by atoms with van der Waals surface area (Å²) in [5.41, 5.74) is 0.820. The normalized spacial score (nSPS) is 18.3. The number of phenolic OH excluding ortho intramolecular Hbond substituents is 1. The van der Waals surface area contributed by atoms with E-state index in [1.165, 1.54) is 18.1 Å². The minimum Gasteiger partial charge on any atom is -0.507 e. The van der Waals surface area contributed by atoms with Gasteiger partial charge < -0.3 is 24.7 Å². The third-order valence-corrected chi connectivity index (χ3v) is 5.22. The number of carbonyl (C=O) groups is 2. The summed E-state index contributed by atoms with van der Waals surface area (Å²) in [6, 6.07) is 10.1. The van der Waals surface area contributed by atoms with Crippen molar-refractivity contribution in [2.45, 2.75) is 6.04 Å². The van der Waals surface area contributed by atoms with Crippen molar-refractivity contribution in [1.82, 2.24) is 9.80 Å². The Labute approximate surface area is 179 Å². The first-order valence-electron chi connectivity index (χ1n) is 9.30. The molecule has 7 nitrogen and oxygen atoms in total. The summed E-state index contributed by atoms with van der Waals surface area (Å²) >= 11 is 5.92. The van der Waals surface area contributed by atoms with Gasteiger partial charge >= 0.3 is 0 Å². The molecule has 0 radical (unpaired) electrons. The predicted octanol–water partition coefficient (Wildman–Crippen LogP) is 3.04. The summed E-state index contributed by atoms with van der Waals surface area (Å²) in [5, 5.41) is 21.7. The fraction of sp³-hybridized carbons (Fsp3) is 0.273. The van der Waals surface area contributed by atoms with Crippen molar-refractivity contribution in [3.63, 3.8) is 0 Å². The SMILES string of the molecule is COc1ccc(C2/C(=C(/O)c3ccc(Cl)cc3)C(=O)C(=O)N2CCN(C)C)cc1O. The molecule has 0 aliphatic carbocycles. The highest BCUT2D eigenvalue weighted by atomic mass is 35.5. The number of nitrogens with zero attached hydrogens (tertiary/aromatic N) is 2. The standard InChI is InChI=1S/C22H23ClN2O5/c1-24(2)10-11-25-19(14-6-9-17(30-3)16(26)12-14)18(21(28)22(25)29)20(27)13-4-7-15(23)8-5-13/h4-9,12,19,26-27H,10-11H2,1-3H3/b20-18-. The van der Waals surface area contributed by atoms with Gasteiger partial charge in [0, 0.05) is 23.7 Å². The number of halogens is 1. The number of carbonyl (C=O) groups excluding carboxylic acids is 2. The topological polar surface area (TPSA) is 90.3 Å². The second-order valence-corrected chi connectivity index (χ2v) is 7.67. The van der Waals surface area contributed by atoms with Gasteiger partial charge in [0.25, 0.3) is 11.7 Å². The second kappa shape index (κ2) is 8.77. The zero-order valence-corrected chi connectivity index (χ0v) is 17.7. The van der Waals surface area contributed by atoms with Crippen LogP contribution in [0.5, 0.6) is 11.5 Å². The molecular formula is C22H23ClN2O5. The molecule has 1 aliphatic heterocycles. The Morgan fingerprint density at radius 2 is 1.83 bits per heavy atom. The number of ether oxygens (including phenoxy) is 1. The lowest BCUT2D eigenvalue weighted by atomic mass is 9.95. The molecule has 0 bridgehead atoms. The number of methoxy groups -OCH3 is 1. The van der Waals surface area contributed by atoms with E-state index in [0.29, 0.717) is 22.7 Å². The average molecular weight is 431 g/mol. The number of likely N-dealkylation sites (N-methyl/N-ethyl adjacent to an activating group) is 1. The summed E-state index contributed by atoms with van der Waals surface area (Å²) in [5.74, 6) is -1.63. The van der Waals surface area contributed by atoms with Gasteiger partial charge in [-0.15, -0.1) is 0 Å². The van der Waals surface area contributed by atoms with Crippen molar-refractivity contribution in [2.24, 2.45) is 0 Å². The highest BCUT2D eigenvalue weighted by Gasteiger charge is 2.46. The van der Waals surface area contributed by atoms with Crippen LogP contribution in [-0.2, 0) is 9.59 Å². The molecule has 158 valence electrons. The molecular weight excluding hydrogens is 408 g/mol. The van der Waals surface area contributed by atoms with Crippen LogP contribution in [0.3, 0.4) is 0 Å². The van der Waals surface area contributed by atoms with E-state index in [1.807, 2.05) is 19.0 Å². The Morgan fingerprint density at radius 1 is 1.17 bits per heavy atom. The molecule has 2 aromatic carbocycles. The van der Waals surface area contributed by atoms with E-state index in [1.54, 1.807) is 36.4 Å². The van der Waals surface area contributed by atoms with E-state index in [9.17, 15) is 19.8 Å². The number of phenols is 1. The lowest BCUT2D eigenvalue weighted by Gasteiger charge is -2.26. The number of aliphatic hydroxyl groups is 1. The van der Waals surface area contributed by atoms with Crippen LogP contribution >= 0.6 is 11.6 Å². The van der Waals surface area contributed by atoms with Crippen LogP contribution < -0.4 is 4.74 Å². The van der Waals surface area contributed by atoms with E-state index in [-0.39, 0.29) is 29.4 Å². The highest BCUT2D eigenvalue weighted by Crippen LogP contribution is 2.41. The van der Waals surface area contributed by atoms with Crippen LogP contribution in [-0.4, -0.2) is 66.0 Å². The summed E-state index contributed by atoms with van der Waals surface area (Å²) in [4.78, 5) is 29.0. The molecule has 0 saturated carbocycles. The number of benzene rings is 2. The fourth-order valence-corrected chi connectivity index (χ4v) is 3.53. The molecule has 3 rings (SSSR count). The van der Waals surface area contributed by atoms with Crippen LogP contribution in [0.1, 0.15) is 17.2 Å². The molecule has 1 saturated heterocycles. The first-order valence-corrected chi connectivity index (χ1v) is 9.68. The molecule has 1 fully saturated rings. The van der Waals surface area contributed by atoms with Crippen LogP contribution in [0, 0.1) is 0 Å². The number of aromatic hydroxyl groups is 1. The number of rotatable bonds is 6. The Kier molecular flexibility index (Phi) is 6.34. The maximum atomic E-state index is 12.9. The number of likely N-dealkylation sites (tertiary alicyclic amines) is 1. The maximum absolute atomic E-state index is 12.9. The highest BCUT2D eigenvalue weighted by molar-refractivity contribution is 6.46. The first-order chi connectivity index (χ1) is 14.2. The molecule has 0 spiro atoms. The number of Topliss-reactive ketones (excluding diaryl/α,β-unsaturated/α-hetero) is 1. The molecule has 2 aromatic rings. The van der Waals surface area contributed by atoms with Crippen LogP contribution in [0.4, 0.5) is 0 Å². The van der Waals surface area contributed by atoms with Crippen molar-refractivity contribution >= 4 is 29.1 Å². The van der Waals surface area contributed by atoms with E-state index >= 15 is 0 Å². The molecule has 8 heteroatoms. The molecule has 0 aromatic heterocycles. The Morgan fingerprint density at radius 3 is 2.40 bits per heavy atom. The molecule has 1 aliphatic rings. The predicted molar refractivity (Wildman–Crippen MR) is 114 cm³/mol. The molecule has 1 unspecified atom stereocenters. The van der Waals surface area contributed by atoms with E-state index in [0.717, 1.165) is 0 Å². The van der Waals surface area contributed by atoms with Crippen molar-refractivity contribution in [1.29, 1.82) is 0 Å². The zero-order chi connectivity index (χ0) is 22.0. The lowest BCUT2D eigenvalue weighted by Crippen LogP contribution is -2.35. The fourth-order valence-electron chi connectivity index (χ4n) is 3.41. The number of hydrogen-bond donors (Lipinski definition) is 2. The van der Waals surface area contributed by atoms with Gasteiger partial charge in [0.2, 0.25) is 0 Å². The minimum absolute atomic E-state index is 0.0364. The van der Waals surface area contributed by atoms with Gasteiger partial charge in [-0.1, -0.05) is 17.7 Å². The largest absolute Gasteiger partial charge is 0.507 e. The monoisotopic (exact) mass is 430 g/mol. The van der Waals surface area contributed by atoms with Crippen LogP contribution in [0.2, 0.25) is 5.02 Å². The quantitative estimate of drug-likeness (QED) is 0.416. The van der Waals surface area contributed by atoms with Gasteiger partial charge in [-0.3, -0.25) is 9.59 Å². The van der Waals surface area contributed by atoms with Gasteiger partial charge in [0.1, 0.15) is 5.76 Å². The van der Waals surface area contributed by atoms with E-state index < -0.39 is 17.7 Å². The van der Waals surface area contributed by atoms with Crippen molar-refractivity contribution in [3.8, 4) is 11.5 Å². The molecule has 2 N–H and O–H groups in total. The summed E-state index contributed by atoms with van der Waals surface area (Å²) in [7, 11) is 5.15. The van der Waals surface area contributed by atoms with Crippen LogP contribution in [0.25, 0.3) is 5.76 Å². The minimum atomic E-state index is -0.850. The van der Waals surface area contributed by atoms with Gasteiger partial charge in [-0.05, 0) is 56.1 Å². The third-order valence-electron chi connectivity index (χ3n) is 4.96. The number of ketones is 1. The number of hydrogen-bond acceptors (Lipinski definition) is 6. The Balaban J connectivity index is 2.16. The van der Waals surface area contributed by atoms with Gasteiger partial charge in [0.05, 0.1) is 18.7 Å². The first kappa shape index (κ1) is 21.7. The van der Waals surface area contributed by atoms with E-state index in [2.05, 4.69) is 0 Å². The van der Waals surface area contributed by atoms with Gasteiger partial charge in [0.15, 0.2) is 11.5 Å². The molecule has 1 amide bonds. The Hall–Kier alpha value is -3.03. The van der Waals surface area contributed by atoms with Crippen molar-refractivity contribution in [3.05, 3.63) is 64.2 Å². The van der Waals surface area contributed by atoms with Gasteiger partial charge in [-0.25, -0.2) is 0 Å². The summed E-state index contributed by atoms with van der Waals surface area (Å²) in [6.07, 6.45) is 0. The van der Waals surface area contributed by atoms with Gasteiger partial charge in [-0.2, -0.15) is 0 Å².